The molecule has 1 aliphatic rings. The minimum absolute atomic E-state index is 0.262. The van der Waals surface area contributed by atoms with E-state index in [0.717, 1.165) is 13.1 Å². The molecule has 0 unspecified atom stereocenters. The Balaban J connectivity index is 1.80. The Labute approximate surface area is 112 Å². The summed E-state index contributed by atoms with van der Waals surface area (Å²) in [6.45, 7) is 2.04. The molecule has 1 heterocycles. The van der Waals surface area contributed by atoms with Crippen LogP contribution in [-0.4, -0.2) is 29.2 Å². The summed E-state index contributed by atoms with van der Waals surface area (Å²) in [5.41, 5.74) is 1.41. The highest BCUT2D eigenvalue weighted by Gasteiger charge is 2.24. The Kier molecular flexibility index (Phi) is 3.64. The lowest BCUT2D eigenvalue weighted by atomic mass is 9.91. The summed E-state index contributed by atoms with van der Waals surface area (Å²) in [4.78, 5) is 2.44. The van der Waals surface area contributed by atoms with Crippen LogP contribution in [0, 0.1) is 0 Å². The van der Waals surface area contributed by atoms with Gasteiger partial charge < -0.3 is 5.11 Å². The van der Waals surface area contributed by atoms with Crippen molar-refractivity contribution in [1.29, 1.82) is 0 Å². The van der Waals surface area contributed by atoms with E-state index in [9.17, 15) is 5.11 Å². The van der Waals surface area contributed by atoms with Crippen LogP contribution in [0.1, 0.15) is 24.8 Å². The van der Waals surface area contributed by atoms with Crippen LogP contribution in [0.4, 0.5) is 0 Å². The molecule has 3 rings (SSSR count). The fourth-order valence-electron chi connectivity index (χ4n) is 2.65. The Morgan fingerprint density at radius 2 is 2.11 bits per heavy atom. The molecule has 0 spiro atoms. The van der Waals surface area contributed by atoms with Crippen molar-refractivity contribution < 1.29 is 5.11 Å². The Hall–Kier alpha value is -0.900. The molecule has 0 amide bonds. The summed E-state index contributed by atoms with van der Waals surface area (Å²) >= 11 is 1.82. The normalized spacial score (nSPS) is 16.3. The van der Waals surface area contributed by atoms with Crippen molar-refractivity contribution in [1.82, 2.24) is 4.90 Å². The van der Waals surface area contributed by atoms with E-state index in [-0.39, 0.29) is 6.61 Å². The number of hydrogen-bond donors (Lipinski definition) is 1. The molecular formula is C15H19NOS. The standard InChI is InChI=1S/C15H19NOS/c17-9-8-16(13-4-3-5-13)10-12-11-18-15-7-2-1-6-14(12)15/h1-2,6-7,11,13,17H,3-5,8-10H2. The van der Waals surface area contributed by atoms with Gasteiger partial charge in [0, 0.05) is 23.8 Å². The molecule has 0 atom stereocenters. The van der Waals surface area contributed by atoms with E-state index in [1.165, 1.54) is 34.9 Å². The lowest BCUT2D eigenvalue weighted by Crippen LogP contribution is -2.41. The fourth-order valence-corrected chi connectivity index (χ4v) is 3.60. The van der Waals surface area contributed by atoms with Gasteiger partial charge in [-0.2, -0.15) is 0 Å². The summed E-state index contributed by atoms with van der Waals surface area (Å²) in [6, 6.07) is 9.29. The minimum atomic E-state index is 0.262. The second kappa shape index (κ2) is 5.39. The molecule has 3 heteroatoms. The van der Waals surface area contributed by atoms with Crippen LogP contribution in [0.3, 0.4) is 0 Å². The fraction of sp³-hybridized carbons (Fsp3) is 0.467. The summed E-state index contributed by atoms with van der Waals surface area (Å²) in [5.74, 6) is 0. The van der Waals surface area contributed by atoms with Gasteiger partial charge in [0.05, 0.1) is 6.61 Å². The molecule has 1 fully saturated rings. The van der Waals surface area contributed by atoms with Gasteiger partial charge >= 0.3 is 0 Å². The molecule has 1 saturated carbocycles. The largest absolute Gasteiger partial charge is 0.395 e. The van der Waals surface area contributed by atoms with Gasteiger partial charge in [-0.1, -0.05) is 24.6 Å². The van der Waals surface area contributed by atoms with Gasteiger partial charge in [0.1, 0.15) is 0 Å². The average Bonchev–Trinajstić information content (AvgIpc) is 2.71. The van der Waals surface area contributed by atoms with E-state index >= 15 is 0 Å². The third kappa shape index (κ3) is 2.30. The van der Waals surface area contributed by atoms with Crippen LogP contribution in [0.25, 0.3) is 10.1 Å². The summed E-state index contributed by atoms with van der Waals surface area (Å²) in [5, 5.41) is 12.9. The van der Waals surface area contributed by atoms with Crippen molar-refractivity contribution in [2.45, 2.75) is 31.8 Å². The van der Waals surface area contributed by atoms with Crippen molar-refractivity contribution in [3.8, 4) is 0 Å². The van der Waals surface area contributed by atoms with Crippen molar-refractivity contribution in [3.63, 3.8) is 0 Å². The third-order valence-electron chi connectivity index (χ3n) is 3.91. The maximum atomic E-state index is 9.21. The number of aliphatic hydroxyl groups is 1. The van der Waals surface area contributed by atoms with Crippen LogP contribution in [0.15, 0.2) is 29.6 Å². The lowest BCUT2D eigenvalue weighted by Gasteiger charge is -2.37. The Morgan fingerprint density at radius 3 is 2.83 bits per heavy atom. The van der Waals surface area contributed by atoms with Crippen molar-refractivity contribution in [3.05, 3.63) is 35.2 Å². The van der Waals surface area contributed by atoms with Gasteiger partial charge in [-0.25, -0.2) is 0 Å². The molecule has 2 nitrogen and oxygen atoms in total. The van der Waals surface area contributed by atoms with Crippen molar-refractivity contribution in [2.75, 3.05) is 13.2 Å². The molecule has 0 aliphatic heterocycles. The number of aliphatic hydroxyl groups excluding tert-OH is 1. The predicted molar refractivity (Wildman–Crippen MR) is 77.0 cm³/mol. The third-order valence-corrected chi connectivity index (χ3v) is 4.93. The summed E-state index contributed by atoms with van der Waals surface area (Å²) < 4.78 is 1.37. The van der Waals surface area contributed by atoms with Crippen LogP contribution in [-0.2, 0) is 6.54 Å². The molecule has 1 aromatic carbocycles. The maximum absolute atomic E-state index is 9.21. The number of rotatable bonds is 5. The van der Waals surface area contributed by atoms with E-state index in [0.29, 0.717) is 6.04 Å². The zero-order valence-electron chi connectivity index (χ0n) is 10.5. The molecule has 0 saturated heterocycles. The molecule has 18 heavy (non-hydrogen) atoms. The number of benzene rings is 1. The van der Waals surface area contributed by atoms with Crippen LogP contribution in [0.5, 0.6) is 0 Å². The highest BCUT2D eigenvalue weighted by molar-refractivity contribution is 7.17. The van der Waals surface area contributed by atoms with E-state index in [2.05, 4.69) is 34.5 Å². The molecule has 0 bridgehead atoms. The predicted octanol–water partition coefficient (Wildman–Crippen LogP) is 3.25. The second-order valence-corrected chi connectivity index (χ2v) is 5.95. The van der Waals surface area contributed by atoms with Gasteiger partial charge in [0.25, 0.3) is 0 Å². The first-order valence-corrected chi connectivity index (χ1v) is 7.56. The molecular weight excluding hydrogens is 242 g/mol. The Bertz CT molecular complexity index is 518. The smallest absolute Gasteiger partial charge is 0.0558 e. The zero-order valence-corrected chi connectivity index (χ0v) is 11.3. The monoisotopic (exact) mass is 261 g/mol. The number of nitrogens with zero attached hydrogens (tertiary/aromatic N) is 1. The Morgan fingerprint density at radius 1 is 1.28 bits per heavy atom. The molecule has 2 aromatic rings. The number of hydrogen-bond acceptors (Lipinski definition) is 3. The topological polar surface area (TPSA) is 23.5 Å². The molecule has 1 aromatic heterocycles. The van der Waals surface area contributed by atoms with Gasteiger partial charge in [-0.05, 0) is 35.2 Å². The SMILES string of the molecule is OCCN(Cc1csc2ccccc12)C1CCC1. The van der Waals surface area contributed by atoms with Crippen LogP contribution >= 0.6 is 11.3 Å². The zero-order chi connectivity index (χ0) is 12.4. The van der Waals surface area contributed by atoms with Crippen LogP contribution < -0.4 is 0 Å². The van der Waals surface area contributed by atoms with E-state index in [1.54, 1.807) is 0 Å². The quantitative estimate of drug-likeness (QED) is 0.893. The van der Waals surface area contributed by atoms with Gasteiger partial charge in [0.2, 0.25) is 0 Å². The van der Waals surface area contributed by atoms with Gasteiger partial charge in [0.15, 0.2) is 0 Å². The van der Waals surface area contributed by atoms with E-state index < -0.39 is 0 Å². The summed E-state index contributed by atoms with van der Waals surface area (Å²) in [7, 11) is 0. The van der Waals surface area contributed by atoms with Gasteiger partial charge in [-0.3, -0.25) is 4.90 Å². The van der Waals surface area contributed by atoms with Crippen molar-refractivity contribution >= 4 is 21.4 Å². The first kappa shape index (κ1) is 12.2. The van der Waals surface area contributed by atoms with Crippen molar-refractivity contribution in [2.24, 2.45) is 0 Å². The lowest BCUT2D eigenvalue weighted by molar-refractivity contribution is 0.0950. The van der Waals surface area contributed by atoms with E-state index in [4.69, 9.17) is 0 Å². The minimum Gasteiger partial charge on any atom is -0.395 e. The van der Waals surface area contributed by atoms with Crippen LogP contribution in [0.2, 0.25) is 0 Å². The number of thiophene rings is 1. The highest BCUT2D eigenvalue weighted by Crippen LogP contribution is 2.30. The number of fused-ring (bicyclic) bond motifs is 1. The molecule has 1 aliphatic carbocycles. The van der Waals surface area contributed by atoms with Gasteiger partial charge in [-0.15, -0.1) is 11.3 Å². The van der Waals surface area contributed by atoms with E-state index in [1.807, 2.05) is 11.3 Å². The molecule has 96 valence electrons. The highest BCUT2D eigenvalue weighted by atomic mass is 32.1. The molecule has 0 radical (unpaired) electrons. The summed E-state index contributed by atoms with van der Waals surface area (Å²) in [6.07, 6.45) is 3.93. The second-order valence-electron chi connectivity index (χ2n) is 5.04. The molecule has 1 N–H and O–H groups in total. The first-order chi connectivity index (χ1) is 8.88. The average molecular weight is 261 g/mol. The first-order valence-electron chi connectivity index (χ1n) is 6.68. The maximum Gasteiger partial charge on any atom is 0.0558 e.